The molecule has 0 unspecified atom stereocenters. The van der Waals surface area contributed by atoms with Crippen molar-refractivity contribution in [3.63, 3.8) is 0 Å². The van der Waals surface area contributed by atoms with Gasteiger partial charge >= 0.3 is 0 Å². The van der Waals surface area contributed by atoms with Gasteiger partial charge in [-0.1, -0.05) is 152 Å². The molecule has 0 aliphatic rings. The summed E-state index contributed by atoms with van der Waals surface area (Å²) in [6.07, 6.45) is 0. The number of furan rings is 1. The van der Waals surface area contributed by atoms with E-state index in [9.17, 15) is 5.26 Å². The number of nitriles is 1. The Hall–Kier alpha value is -8.14. The Labute approximate surface area is 333 Å². The van der Waals surface area contributed by atoms with Crippen LogP contribution in [-0.2, 0) is 0 Å². The van der Waals surface area contributed by atoms with Gasteiger partial charge < -0.3 is 8.98 Å². The maximum Gasteiger partial charge on any atom is 0.166 e. The predicted octanol–water partition coefficient (Wildman–Crippen LogP) is 13.1. The van der Waals surface area contributed by atoms with E-state index in [0.29, 0.717) is 23.0 Å². The van der Waals surface area contributed by atoms with Crippen LogP contribution >= 0.6 is 0 Å². The van der Waals surface area contributed by atoms with Crippen LogP contribution in [0.5, 0.6) is 0 Å². The van der Waals surface area contributed by atoms with E-state index >= 15 is 0 Å². The molecule has 0 saturated heterocycles. The molecule has 6 heteroatoms. The van der Waals surface area contributed by atoms with E-state index in [1.165, 1.54) is 0 Å². The molecule has 11 rings (SSSR count). The van der Waals surface area contributed by atoms with Crippen LogP contribution in [0.25, 0.3) is 106 Å². The molecule has 11 aromatic rings. The van der Waals surface area contributed by atoms with Gasteiger partial charge in [0.05, 0.1) is 28.4 Å². The molecule has 0 atom stereocenters. The molecule has 3 heterocycles. The zero-order valence-corrected chi connectivity index (χ0v) is 31.0. The first-order valence-electron chi connectivity index (χ1n) is 19.2. The largest absolute Gasteiger partial charge is 0.455 e. The number of fused-ring (bicyclic) bond motifs is 6. The van der Waals surface area contributed by atoms with Crippen molar-refractivity contribution in [2.75, 3.05) is 0 Å². The minimum absolute atomic E-state index is 0.540. The fraction of sp³-hybridized carbons (Fsp3) is 0. The summed E-state index contributed by atoms with van der Waals surface area (Å²) < 4.78 is 8.86. The number of nitrogens with zero attached hydrogens (tertiary/aromatic N) is 5. The Bertz CT molecular complexity index is 3360. The summed E-state index contributed by atoms with van der Waals surface area (Å²) in [7, 11) is 0. The molecule has 58 heavy (non-hydrogen) atoms. The van der Waals surface area contributed by atoms with Gasteiger partial charge in [-0.25, -0.2) is 15.0 Å². The smallest absolute Gasteiger partial charge is 0.166 e. The van der Waals surface area contributed by atoms with Crippen molar-refractivity contribution < 1.29 is 4.42 Å². The third-order valence-electron chi connectivity index (χ3n) is 10.9. The van der Waals surface area contributed by atoms with Gasteiger partial charge in [0.15, 0.2) is 17.5 Å². The number of aromatic nitrogens is 4. The Balaban J connectivity index is 1.23. The third-order valence-corrected chi connectivity index (χ3v) is 10.9. The second-order valence-electron chi connectivity index (χ2n) is 14.3. The molecular weight excluding hydrogens is 711 g/mol. The predicted molar refractivity (Wildman–Crippen MR) is 233 cm³/mol. The fourth-order valence-electron chi connectivity index (χ4n) is 8.21. The normalized spacial score (nSPS) is 11.4. The van der Waals surface area contributed by atoms with Crippen molar-refractivity contribution >= 4 is 43.7 Å². The van der Waals surface area contributed by atoms with E-state index in [-0.39, 0.29) is 0 Å². The molecule has 6 nitrogen and oxygen atoms in total. The lowest BCUT2D eigenvalue weighted by atomic mass is 9.98. The van der Waals surface area contributed by atoms with Crippen molar-refractivity contribution in [1.29, 1.82) is 5.26 Å². The fourth-order valence-corrected chi connectivity index (χ4v) is 8.21. The molecule has 8 aromatic carbocycles. The van der Waals surface area contributed by atoms with E-state index in [4.69, 9.17) is 19.4 Å². The number of hydrogen-bond donors (Lipinski definition) is 0. The zero-order chi connectivity index (χ0) is 38.6. The molecule has 3 aromatic heterocycles. The van der Waals surface area contributed by atoms with Crippen molar-refractivity contribution in [3.8, 4) is 68.2 Å². The van der Waals surface area contributed by atoms with Crippen LogP contribution in [0.1, 0.15) is 5.56 Å². The Kier molecular flexibility index (Phi) is 7.76. The van der Waals surface area contributed by atoms with E-state index in [0.717, 1.165) is 88.4 Å². The highest BCUT2D eigenvalue weighted by Crippen LogP contribution is 2.42. The van der Waals surface area contributed by atoms with Crippen LogP contribution in [0.3, 0.4) is 0 Å². The molecule has 0 aliphatic carbocycles. The minimum Gasteiger partial charge on any atom is -0.455 e. The average molecular weight is 742 g/mol. The van der Waals surface area contributed by atoms with E-state index in [1.807, 2.05) is 103 Å². The molecule has 0 bridgehead atoms. The van der Waals surface area contributed by atoms with Gasteiger partial charge in [0, 0.05) is 43.8 Å². The Morgan fingerprint density at radius 3 is 1.78 bits per heavy atom. The standard InChI is InChI=1S/C52H31N5O/c53-32-37-18-7-8-19-38(37)36-26-28-41-40-20-9-11-24-45(40)57(47(41)31-36)46-29-27-35(39-22-13-23-43-42-21-10-12-25-48(42)58-49(39)43)30-44(46)52-55-50(33-14-3-1-4-15-33)54-51(56-52)34-16-5-2-6-17-34/h1-31H. The first-order chi connectivity index (χ1) is 28.7. The maximum absolute atomic E-state index is 10.1. The van der Waals surface area contributed by atoms with Gasteiger partial charge in [0.25, 0.3) is 0 Å². The van der Waals surface area contributed by atoms with Crippen LogP contribution in [0.2, 0.25) is 0 Å². The van der Waals surface area contributed by atoms with Gasteiger partial charge in [-0.2, -0.15) is 5.26 Å². The van der Waals surface area contributed by atoms with Crippen molar-refractivity contribution in [2.45, 2.75) is 0 Å². The topological polar surface area (TPSA) is 80.5 Å². The van der Waals surface area contributed by atoms with E-state index in [1.54, 1.807) is 0 Å². The molecule has 0 saturated carbocycles. The van der Waals surface area contributed by atoms with E-state index in [2.05, 4.69) is 95.6 Å². The van der Waals surface area contributed by atoms with Gasteiger partial charge in [-0.15, -0.1) is 0 Å². The van der Waals surface area contributed by atoms with Crippen molar-refractivity contribution in [3.05, 3.63) is 194 Å². The summed E-state index contributed by atoms with van der Waals surface area (Å²) in [6.45, 7) is 0. The molecule has 0 radical (unpaired) electrons. The van der Waals surface area contributed by atoms with Crippen LogP contribution < -0.4 is 0 Å². The first-order valence-corrected chi connectivity index (χ1v) is 19.2. The Morgan fingerprint density at radius 2 is 1.00 bits per heavy atom. The lowest BCUT2D eigenvalue weighted by Crippen LogP contribution is -2.04. The first kappa shape index (κ1) is 33.2. The number of rotatable bonds is 6. The highest BCUT2D eigenvalue weighted by molar-refractivity contribution is 6.12. The van der Waals surface area contributed by atoms with Gasteiger partial charge in [0.2, 0.25) is 0 Å². The summed E-state index contributed by atoms with van der Waals surface area (Å²) >= 11 is 0. The number of benzene rings is 8. The summed E-state index contributed by atoms with van der Waals surface area (Å²) in [6, 6.07) is 66.2. The van der Waals surface area contributed by atoms with E-state index < -0.39 is 0 Å². The van der Waals surface area contributed by atoms with Gasteiger partial charge in [0.1, 0.15) is 11.2 Å². The second-order valence-corrected chi connectivity index (χ2v) is 14.3. The van der Waals surface area contributed by atoms with Crippen LogP contribution in [-0.4, -0.2) is 19.5 Å². The lowest BCUT2D eigenvalue weighted by molar-refractivity contribution is 0.670. The average Bonchev–Trinajstić information content (AvgIpc) is 3.85. The quantitative estimate of drug-likeness (QED) is 0.169. The molecule has 0 aliphatic heterocycles. The molecule has 0 spiro atoms. The SMILES string of the molecule is N#Cc1ccccc1-c1ccc2c3ccccc3n(-c3ccc(-c4cccc5c4oc4ccccc45)cc3-c3nc(-c4ccccc4)nc(-c4ccccc4)n3)c2c1. The highest BCUT2D eigenvalue weighted by Gasteiger charge is 2.22. The van der Waals surface area contributed by atoms with Crippen LogP contribution in [0.15, 0.2) is 192 Å². The van der Waals surface area contributed by atoms with Crippen molar-refractivity contribution in [1.82, 2.24) is 19.5 Å². The third kappa shape index (κ3) is 5.45. The minimum atomic E-state index is 0.540. The molecular formula is C52H31N5O. The van der Waals surface area contributed by atoms with Crippen LogP contribution in [0.4, 0.5) is 0 Å². The maximum atomic E-state index is 10.1. The Morgan fingerprint density at radius 1 is 0.414 bits per heavy atom. The molecule has 270 valence electrons. The lowest BCUT2D eigenvalue weighted by Gasteiger charge is -2.17. The van der Waals surface area contributed by atoms with Gasteiger partial charge in [-0.05, 0) is 53.1 Å². The zero-order valence-electron chi connectivity index (χ0n) is 31.0. The number of para-hydroxylation sites is 3. The van der Waals surface area contributed by atoms with Crippen molar-refractivity contribution in [2.24, 2.45) is 0 Å². The molecule has 0 fully saturated rings. The highest BCUT2D eigenvalue weighted by atomic mass is 16.3. The monoisotopic (exact) mass is 741 g/mol. The van der Waals surface area contributed by atoms with Gasteiger partial charge in [-0.3, -0.25) is 0 Å². The molecule has 0 N–H and O–H groups in total. The summed E-state index contributed by atoms with van der Waals surface area (Å²) in [5.41, 5.74) is 11.6. The molecule has 0 amide bonds. The van der Waals surface area contributed by atoms with Crippen LogP contribution in [0, 0.1) is 11.3 Å². The summed E-state index contributed by atoms with van der Waals surface area (Å²) in [4.78, 5) is 15.5. The second kappa shape index (κ2) is 13.6. The summed E-state index contributed by atoms with van der Waals surface area (Å²) in [5, 5.41) is 14.4. The number of hydrogen-bond acceptors (Lipinski definition) is 5. The summed E-state index contributed by atoms with van der Waals surface area (Å²) in [5.74, 6) is 1.70.